The maximum absolute atomic E-state index is 12.4. The van der Waals surface area contributed by atoms with Gasteiger partial charge in [0.15, 0.2) is 0 Å². The molecule has 4 rings (SSSR count). The summed E-state index contributed by atoms with van der Waals surface area (Å²) in [4.78, 5) is 24.7. The van der Waals surface area contributed by atoms with E-state index >= 15 is 0 Å². The van der Waals surface area contributed by atoms with Crippen LogP contribution < -0.4 is 5.32 Å². The lowest BCUT2D eigenvalue weighted by atomic mass is 9.98. The van der Waals surface area contributed by atoms with Gasteiger partial charge in [-0.2, -0.15) is 8.42 Å². The van der Waals surface area contributed by atoms with Crippen molar-refractivity contribution in [3.05, 3.63) is 35.9 Å². The molecule has 3 fully saturated rings. The van der Waals surface area contributed by atoms with Gasteiger partial charge >= 0.3 is 16.4 Å². The number of carbonyl (C=O) groups excluding carboxylic acids is 2. The van der Waals surface area contributed by atoms with E-state index in [-0.39, 0.29) is 11.8 Å². The van der Waals surface area contributed by atoms with E-state index in [9.17, 15) is 18.0 Å². The minimum atomic E-state index is -4.13. The summed E-state index contributed by atoms with van der Waals surface area (Å²) in [5.74, 6) is -1.30. The number of esters is 1. The minimum absolute atomic E-state index is 0.308. The van der Waals surface area contributed by atoms with Crippen LogP contribution in [0, 0.1) is 11.3 Å². The highest BCUT2D eigenvalue weighted by molar-refractivity contribution is 7.82. The summed E-state index contributed by atoms with van der Waals surface area (Å²) < 4.78 is 38.5. The van der Waals surface area contributed by atoms with Crippen LogP contribution in [0.5, 0.6) is 0 Å². The van der Waals surface area contributed by atoms with E-state index in [1.807, 2.05) is 0 Å². The molecule has 9 heteroatoms. The van der Waals surface area contributed by atoms with Gasteiger partial charge in [0.2, 0.25) is 5.91 Å². The van der Waals surface area contributed by atoms with Crippen molar-refractivity contribution < 1.29 is 31.1 Å². The molecule has 8 nitrogen and oxygen atoms in total. The molecule has 1 aliphatic heterocycles. The Morgan fingerprint density at radius 1 is 1.21 bits per heavy atom. The number of nitrogens with one attached hydrogen (secondary N) is 1. The van der Waals surface area contributed by atoms with Crippen molar-refractivity contribution in [2.45, 2.75) is 24.7 Å². The third-order valence-corrected chi connectivity index (χ3v) is 5.85. The molecular formula is C15H15NO7S. The summed E-state index contributed by atoms with van der Waals surface area (Å²) >= 11 is 0. The van der Waals surface area contributed by atoms with Crippen molar-refractivity contribution >= 4 is 22.3 Å². The summed E-state index contributed by atoms with van der Waals surface area (Å²) in [6, 6.07) is 8.28. The first kappa shape index (κ1) is 15.6. The molecule has 3 aliphatic rings. The first-order valence-electron chi connectivity index (χ1n) is 7.49. The second-order valence-corrected chi connectivity index (χ2v) is 7.35. The summed E-state index contributed by atoms with van der Waals surface area (Å²) in [5, 5.41) is 2.55. The summed E-state index contributed by atoms with van der Waals surface area (Å²) in [7, 11) is -2.65. The lowest BCUT2D eigenvalue weighted by Gasteiger charge is -2.25. The molecule has 1 aromatic carbocycles. The Kier molecular flexibility index (Phi) is 3.25. The monoisotopic (exact) mass is 353 g/mol. The van der Waals surface area contributed by atoms with Crippen LogP contribution >= 0.6 is 0 Å². The summed E-state index contributed by atoms with van der Waals surface area (Å²) in [5.41, 5.74) is -0.684. The molecule has 1 heterocycles. The van der Waals surface area contributed by atoms with Crippen LogP contribution in [-0.4, -0.2) is 45.7 Å². The zero-order valence-corrected chi connectivity index (χ0v) is 13.5. The number of carbonyl (C=O) groups is 2. The van der Waals surface area contributed by atoms with Crippen LogP contribution in [0.25, 0.3) is 0 Å². The fraction of sp³-hybridized carbons (Fsp3) is 0.467. The zero-order chi connectivity index (χ0) is 17.1. The third-order valence-electron chi connectivity index (χ3n) is 4.94. The molecule has 0 bridgehead atoms. The van der Waals surface area contributed by atoms with Crippen LogP contribution in [0.2, 0.25) is 0 Å². The highest BCUT2D eigenvalue weighted by Gasteiger charge is 2.80. The lowest BCUT2D eigenvalue weighted by molar-refractivity contribution is -0.131. The van der Waals surface area contributed by atoms with E-state index in [2.05, 4.69) is 5.32 Å². The summed E-state index contributed by atoms with van der Waals surface area (Å²) in [6.07, 6.45) is -2.43. The van der Waals surface area contributed by atoms with E-state index in [0.717, 1.165) is 0 Å². The predicted octanol–water partition coefficient (Wildman–Crippen LogP) is 0.00670. The fourth-order valence-electron chi connectivity index (χ4n) is 3.81. The molecular weight excluding hydrogens is 338 g/mol. The van der Waals surface area contributed by atoms with Gasteiger partial charge in [-0.15, -0.1) is 0 Å². The molecule has 128 valence electrons. The number of rotatable bonds is 3. The Hall–Kier alpha value is -1.97. The Labute approximate surface area is 138 Å². The molecule has 24 heavy (non-hydrogen) atoms. The van der Waals surface area contributed by atoms with E-state index in [1.54, 1.807) is 30.3 Å². The molecule has 2 saturated carbocycles. The molecule has 2 aliphatic carbocycles. The van der Waals surface area contributed by atoms with Gasteiger partial charge in [0.1, 0.15) is 18.3 Å². The zero-order valence-electron chi connectivity index (χ0n) is 12.7. The normalized spacial score (nSPS) is 38.0. The van der Waals surface area contributed by atoms with E-state index in [4.69, 9.17) is 13.1 Å². The molecule has 5 atom stereocenters. The average molecular weight is 353 g/mol. The van der Waals surface area contributed by atoms with E-state index < -0.39 is 40.1 Å². The number of hydrogen-bond acceptors (Lipinski definition) is 7. The van der Waals surface area contributed by atoms with Crippen LogP contribution in [0.1, 0.15) is 16.8 Å². The SMILES string of the molecule is CNC(=O)[C@@]12C[C@@H]1[C@@H]1OS(=O)(=O)O[C@@H]1[C@@H]2OC(=O)c1ccccc1. The molecule has 0 radical (unpaired) electrons. The standard InChI is InChI=1S/C15H15NO7S/c1-16-14(18)15-7-9(15)10-11(23-24(19,20)22-10)12(15)21-13(17)8-5-3-2-4-6-8/h2-6,9-12H,7H2,1H3,(H,16,18)/t9-,10+,11+,12+,15+/m1/s1. The number of fused-ring (bicyclic) bond motifs is 3. The van der Waals surface area contributed by atoms with Gasteiger partial charge in [-0.05, 0) is 18.6 Å². The van der Waals surface area contributed by atoms with Crippen LogP contribution in [0.3, 0.4) is 0 Å². The van der Waals surface area contributed by atoms with E-state index in [0.29, 0.717) is 12.0 Å². The van der Waals surface area contributed by atoms with Gasteiger partial charge < -0.3 is 10.1 Å². The van der Waals surface area contributed by atoms with Crippen molar-refractivity contribution in [1.82, 2.24) is 5.32 Å². The second-order valence-electron chi connectivity index (χ2n) is 6.15. The smallest absolute Gasteiger partial charge is 0.400 e. The van der Waals surface area contributed by atoms with Crippen LogP contribution in [0.15, 0.2) is 30.3 Å². The fourth-order valence-corrected chi connectivity index (χ4v) is 4.85. The topological polar surface area (TPSA) is 108 Å². The molecule has 1 saturated heterocycles. The van der Waals surface area contributed by atoms with Gasteiger partial charge in [0.05, 0.1) is 11.0 Å². The van der Waals surface area contributed by atoms with Crippen molar-refractivity contribution in [2.24, 2.45) is 11.3 Å². The highest BCUT2D eigenvalue weighted by Crippen LogP contribution is 2.67. The molecule has 0 aromatic heterocycles. The molecule has 1 aromatic rings. The number of amides is 1. The highest BCUT2D eigenvalue weighted by atomic mass is 32.3. The maximum atomic E-state index is 12.4. The van der Waals surface area contributed by atoms with Crippen molar-refractivity contribution in [3.8, 4) is 0 Å². The first-order chi connectivity index (χ1) is 11.4. The van der Waals surface area contributed by atoms with Crippen molar-refractivity contribution in [2.75, 3.05) is 7.05 Å². The van der Waals surface area contributed by atoms with Crippen molar-refractivity contribution in [1.29, 1.82) is 0 Å². The Morgan fingerprint density at radius 2 is 1.88 bits per heavy atom. The predicted molar refractivity (Wildman–Crippen MR) is 78.9 cm³/mol. The Bertz CT molecular complexity index is 808. The minimum Gasteiger partial charge on any atom is -0.455 e. The summed E-state index contributed by atoms with van der Waals surface area (Å²) in [6.45, 7) is 0. The Balaban J connectivity index is 1.65. The number of ether oxygens (including phenoxy) is 1. The quantitative estimate of drug-likeness (QED) is 0.762. The maximum Gasteiger partial charge on any atom is 0.400 e. The lowest BCUT2D eigenvalue weighted by Crippen LogP contribution is -2.44. The molecule has 1 amide bonds. The third kappa shape index (κ3) is 2.08. The van der Waals surface area contributed by atoms with Crippen molar-refractivity contribution in [3.63, 3.8) is 0 Å². The van der Waals surface area contributed by atoms with E-state index in [1.165, 1.54) is 7.05 Å². The second kappa shape index (κ2) is 5.01. The first-order valence-corrected chi connectivity index (χ1v) is 8.82. The van der Waals surface area contributed by atoms with Gasteiger partial charge in [-0.25, -0.2) is 13.2 Å². The number of benzene rings is 1. The van der Waals surface area contributed by atoms with Gasteiger partial charge in [-0.3, -0.25) is 4.79 Å². The van der Waals surface area contributed by atoms with Gasteiger partial charge in [0, 0.05) is 13.0 Å². The molecule has 1 N–H and O–H groups in total. The van der Waals surface area contributed by atoms with Crippen LogP contribution in [0.4, 0.5) is 0 Å². The average Bonchev–Trinajstić information content (AvgIpc) is 3.17. The van der Waals surface area contributed by atoms with Gasteiger partial charge in [0.25, 0.3) is 0 Å². The van der Waals surface area contributed by atoms with Gasteiger partial charge in [-0.1, -0.05) is 18.2 Å². The van der Waals surface area contributed by atoms with Crippen LogP contribution in [-0.2, 0) is 28.3 Å². The largest absolute Gasteiger partial charge is 0.455 e. The Morgan fingerprint density at radius 3 is 2.54 bits per heavy atom. The molecule has 0 unspecified atom stereocenters. The number of hydrogen-bond donors (Lipinski definition) is 1. The molecule has 0 spiro atoms.